The van der Waals surface area contributed by atoms with Crippen molar-refractivity contribution in [1.82, 2.24) is 15.2 Å². The zero-order valence-electron chi connectivity index (χ0n) is 13.4. The zero-order chi connectivity index (χ0) is 16.2. The quantitative estimate of drug-likeness (QED) is 0.904. The number of thiazole rings is 1. The maximum atomic E-state index is 12.3. The topological polar surface area (TPSA) is 54.5 Å². The third-order valence-electron chi connectivity index (χ3n) is 3.46. The van der Waals surface area contributed by atoms with Gasteiger partial charge in [0.2, 0.25) is 0 Å². The third-order valence-corrected chi connectivity index (χ3v) is 4.57. The summed E-state index contributed by atoms with van der Waals surface area (Å²) in [5.74, 6) is 0. The van der Waals surface area contributed by atoms with Gasteiger partial charge >= 0.3 is 6.09 Å². The van der Waals surface area contributed by atoms with Crippen molar-refractivity contribution in [3.63, 3.8) is 0 Å². The minimum absolute atomic E-state index is 0.187. The SMILES string of the molecule is CC(C)(C)OC(=O)N1CCCCC1CNCc1cnc(Cl)s1. The maximum Gasteiger partial charge on any atom is 0.410 e. The van der Waals surface area contributed by atoms with Gasteiger partial charge in [0.1, 0.15) is 5.60 Å². The molecule has 124 valence electrons. The molecule has 0 spiro atoms. The Bertz CT molecular complexity index is 501. The fourth-order valence-corrected chi connectivity index (χ4v) is 3.45. The van der Waals surface area contributed by atoms with Crippen LogP contribution in [0, 0.1) is 0 Å². The molecule has 2 rings (SSSR count). The monoisotopic (exact) mass is 345 g/mol. The highest BCUT2D eigenvalue weighted by atomic mass is 35.5. The number of amides is 1. The van der Waals surface area contributed by atoms with Gasteiger partial charge in [-0.05, 0) is 40.0 Å². The normalized spacial score (nSPS) is 19.3. The number of aromatic nitrogens is 1. The number of carbonyl (C=O) groups excluding carboxylic acids is 1. The van der Waals surface area contributed by atoms with Crippen molar-refractivity contribution in [3.05, 3.63) is 15.5 Å². The number of rotatable bonds is 4. The first-order valence-corrected chi connectivity index (χ1v) is 8.85. The molecule has 0 aromatic carbocycles. The van der Waals surface area contributed by atoms with Crippen LogP contribution in [0.25, 0.3) is 0 Å². The summed E-state index contributed by atoms with van der Waals surface area (Å²) in [6.45, 7) is 7.95. The first-order chi connectivity index (χ1) is 10.3. The summed E-state index contributed by atoms with van der Waals surface area (Å²) in [4.78, 5) is 19.3. The van der Waals surface area contributed by atoms with Crippen LogP contribution in [0.3, 0.4) is 0 Å². The molecule has 1 amide bonds. The van der Waals surface area contributed by atoms with E-state index in [4.69, 9.17) is 16.3 Å². The van der Waals surface area contributed by atoms with Crippen LogP contribution in [-0.4, -0.2) is 40.7 Å². The summed E-state index contributed by atoms with van der Waals surface area (Å²) < 4.78 is 6.07. The molecule has 1 atom stereocenters. The van der Waals surface area contributed by atoms with Gasteiger partial charge in [-0.1, -0.05) is 11.6 Å². The van der Waals surface area contributed by atoms with Crippen molar-refractivity contribution < 1.29 is 9.53 Å². The zero-order valence-corrected chi connectivity index (χ0v) is 15.0. The fourth-order valence-electron chi connectivity index (χ4n) is 2.50. The van der Waals surface area contributed by atoms with E-state index >= 15 is 0 Å². The molecule has 0 aliphatic carbocycles. The largest absolute Gasteiger partial charge is 0.444 e. The molecule has 1 fully saturated rings. The molecule has 1 N–H and O–H groups in total. The van der Waals surface area contributed by atoms with Gasteiger partial charge in [0, 0.05) is 36.8 Å². The lowest BCUT2D eigenvalue weighted by atomic mass is 10.0. The number of halogens is 1. The molecule has 1 aromatic rings. The molecule has 0 bridgehead atoms. The van der Waals surface area contributed by atoms with E-state index in [0.717, 1.165) is 43.8 Å². The van der Waals surface area contributed by atoms with Crippen molar-refractivity contribution in [2.75, 3.05) is 13.1 Å². The van der Waals surface area contributed by atoms with Crippen LogP contribution in [0.5, 0.6) is 0 Å². The molecule has 7 heteroatoms. The molecule has 2 heterocycles. The van der Waals surface area contributed by atoms with Crippen LogP contribution >= 0.6 is 22.9 Å². The van der Waals surface area contributed by atoms with Crippen LogP contribution in [0.2, 0.25) is 4.47 Å². The van der Waals surface area contributed by atoms with E-state index in [2.05, 4.69) is 10.3 Å². The Labute approximate surface area is 141 Å². The van der Waals surface area contributed by atoms with E-state index in [9.17, 15) is 4.79 Å². The molecule has 1 aliphatic rings. The van der Waals surface area contributed by atoms with Crippen LogP contribution < -0.4 is 5.32 Å². The van der Waals surface area contributed by atoms with Crippen LogP contribution in [0.4, 0.5) is 4.79 Å². The summed E-state index contributed by atoms with van der Waals surface area (Å²) in [5.41, 5.74) is -0.452. The van der Waals surface area contributed by atoms with E-state index in [1.807, 2.05) is 25.7 Å². The number of likely N-dealkylation sites (tertiary alicyclic amines) is 1. The van der Waals surface area contributed by atoms with E-state index < -0.39 is 5.60 Å². The number of carbonyl (C=O) groups is 1. The van der Waals surface area contributed by atoms with Crippen molar-refractivity contribution in [2.24, 2.45) is 0 Å². The number of hydrogen-bond donors (Lipinski definition) is 1. The van der Waals surface area contributed by atoms with E-state index in [-0.39, 0.29) is 12.1 Å². The van der Waals surface area contributed by atoms with Gasteiger partial charge in [-0.3, -0.25) is 0 Å². The summed E-state index contributed by atoms with van der Waals surface area (Å²) in [5, 5.41) is 3.39. The van der Waals surface area contributed by atoms with Gasteiger partial charge in [0.15, 0.2) is 4.47 Å². The van der Waals surface area contributed by atoms with Crippen LogP contribution in [-0.2, 0) is 11.3 Å². The molecular weight excluding hydrogens is 322 g/mol. The highest BCUT2D eigenvalue weighted by Crippen LogP contribution is 2.21. The Kier molecular flexibility index (Phi) is 6.06. The predicted octanol–water partition coefficient (Wildman–Crippen LogP) is 3.68. The molecule has 0 saturated carbocycles. The van der Waals surface area contributed by atoms with Gasteiger partial charge in [0.25, 0.3) is 0 Å². The first-order valence-electron chi connectivity index (χ1n) is 7.66. The van der Waals surface area contributed by atoms with Gasteiger partial charge in [0.05, 0.1) is 0 Å². The summed E-state index contributed by atoms with van der Waals surface area (Å²) in [7, 11) is 0. The fraction of sp³-hybridized carbons (Fsp3) is 0.733. The molecular formula is C15H24ClN3O2S. The number of hydrogen-bond acceptors (Lipinski definition) is 5. The van der Waals surface area contributed by atoms with E-state index in [1.165, 1.54) is 11.3 Å². The molecule has 22 heavy (non-hydrogen) atoms. The Morgan fingerprint density at radius 1 is 1.55 bits per heavy atom. The summed E-state index contributed by atoms with van der Waals surface area (Å²) >= 11 is 7.30. The Balaban J connectivity index is 1.85. The van der Waals surface area contributed by atoms with Gasteiger partial charge < -0.3 is 15.0 Å². The minimum Gasteiger partial charge on any atom is -0.444 e. The minimum atomic E-state index is -0.452. The van der Waals surface area contributed by atoms with E-state index in [1.54, 1.807) is 6.20 Å². The van der Waals surface area contributed by atoms with Crippen molar-refractivity contribution >= 4 is 29.0 Å². The van der Waals surface area contributed by atoms with Crippen molar-refractivity contribution in [3.8, 4) is 0 Å². The highest BCUT2D eigenvalue weighted by molar-refractivity contribution is 7.15. The van der Waals surface area contributed by atoms with Gasteiger partial charge in [-0.2, -0.15) is 0 Å². The molecule has 1 aliphatic heterocycles. The Morgan fingerprint density at radius 3 is 2.95 bits per heavy atom. The molecule has 1 saturated heterocycles. The smallest absolute Gasteiger partial charge is 0.410 e. The second-order valence-electron chi connectivity index (χ2n) is 6.53. The standard InChI is InChI=1S/C15H24ClN3O2S/c1-15(2,3)21-14(20)19-7-5-4-6-11(19)8-17-9-12-10-18-13(16)22-12/h10-11,17H,4-9H2,1-3H3. The van der Waals surface area contributed by atoms with Crippen molar-refractivity contribution in [1.29, 1.82) is 0 Å². The Morgan fingerprint density at radius 2 is 2.32 bits per heavy atom. The highest BCUT2D eigenvalue weighted by Gasteiger charge is 2.30. The lowest BCUT2D eigenvalue weighted by molar-refractivity contribution is 0.00994. The molecule has 5 nitrogen and oxygen atoms in total. The number of ether oxygens (including phenoxy) is 1. The van der Waals surface area contributed by atoms with Crippen molar-refractivity contribution in [2.45, 2.75) is 58.2 Å². The number of piperidine rings is 1. The molecule has 0 radical (unpaired) electrons. The maximum absolute atomic E-state index is 12.3. The first kappa shape index (κ1) is 17.5. The predicted molar refractivity (Wildman–Crippen MR) is 89.4 cm³/mol. The lowest BCUT2D eigenvalue weighted by Gasteiger charge is -2.36. The van der Waals surface area contributed by atoms with E-state index in [0.29, 0.717) is 4.47 Å². The lowest BCUT2D eigenvalue weighted by Crippen LogP contribution is -2.50. The Hall–Kier alpha value is -0.850. The molecule has 1 aromatic heterocycles. The third kappa shape index (κ3) is 5.41. The second kappa shape index (κ2) is 7.62. The van der Waals surface area contributed by atoms with Crippen LogP contribution in [0.1, 0.15) is 44.9 Å². The van der Waals surface area contributed by atoms with Crippen LogP contribution in [0.15, 0.2) is 6.20 Å². The van der Waals surface area contributed by atoms with Gasteiger partial charge in [-0.15, -0.1) is 11.3 Å². The summed E-state index contributed by atoms with van der Waals surface area (Å²) in [6, 6.07) is 0.187. The van der Waals surface area contributed by atoms with Gasteiger partial charge in [-0.25, -0.2) is 9.78 Å². The average Bonchev–Trinajstić information content (AvgIpc) is 2.83. The second-order valence-corrected chi connectivity index (χ2v) is 8.23. The summed E-state index contributed by atoms with van der Waals surface area (Å²) in [6.07, 6.45) is 4.78. The number of nitrogens with zero attached hydrogens (tertiary/aromatic N) is 2. The molecule has 1 unspecified atom stereocenters. The number of nitrogens with one attached hydrogen (secondary N) is 1. The average molecular weight is 346 g/mol.